The van der Waals surface area contributed by atoms with Gasteiger partial charge in [-0.05, 0) is 67.9 Å². The summed E-state index contributed by atoms with van der Waals surface area (Å²) in [7, 11) is -3.91. The molecule has 0 radical (unpaired) electrons. The molecule has 3 N–H and O–H groups in total. The Balaban J connectivity index is 1.19. The Bertz CT molecular complexity index is 1090. The number of nitrogens with zero attached hydrogens (tertiary/aromatic N) is 1. The molecule has 9 heteroatoms. The van der Waals surface area contributed by atoms with Crippen LogP contribution in [0.5, 0.6) is 0 Å². The van der Waals surface area contributed by atoms with Crippen molar-refractivity contribution >= 4 is 27.6 Å². The van der Waals surface area contributed by atoms with E-state index in [-0.39, 0.29) is 29.3 Å². The Morgan fingerprint density at radius 1 is 1.22 bits per heavy atom. The predicted molar refractivity (Wildman–Crippen MR) is 139 cm³/mol. The van der Waals surface area contributed by atoms with E-state index in [1.807, 2.05) is 13.8 Å². The van der Waals surface area contributed by atoms with Crippen molar-refractivity contribution in [3.8, 4) is 0 Å². The number of carboxylic acids is 1. The monoisotopic (exact) mass is 519 g/mol. The molecule has 200 valence electrons. The fourth-order valence-electron chi connectivity index (χ4n) is 6.62. The standard InChI is InChI=1S/C27H41N3O5S/c1-26(2)20-14-15-27(26,23(31)17-20)18-36(34,35)30-22(25(32)33)11-7-5-3-4-6-10-21-13-12-19-9-8-16-28-24(19)29-21/h12-13,20,22,30H,3-11,14-18H2,1-2H3,(H,28,29)(H,32,33)/t20-,22+,27-/m1/s1. The molecule has 2 heterocycles. The molecule has 1 aliphatic heterocycles. The van der Waals surface area contributed by atoms with E-state index in [0.717, 1.165) is 69.4 Å². The van der Waals surface area contributed by atoms with Crippen LogP contribution in [0, 0.1) is 16.7 Å². The molecule has 0 unspecified atom stereocenters. The van der Waals surface area contributed by atoms with E-state index in [9.17, 15) is 23.1 Å². The van der Waals surface area contributed by atoms with Gasteiger partial charge in [0.25, 0.3) is 0 Å². The van der Waals surface area contributed by atoms with Gasteiger partial charge >= 0.3 is 5.97 Å². The number of nitrogens with one attached hydrogen (secondary N) is 2. The number of Topliss-reactive ketones (excluding diaryl/α,β-unsaturated/α-hetero) is 1. The minimum absolute atomic E-state index is 0.0165. The zero-order valence-corrected chi connectivity index (χ0v) is 22.5. The van der Waals surface area contributed by atoms with Crippen molar-refractivity contribution in [3.63, 3.8) is 0 Å². The van der Waals surface area contributed by atoms with Crippen LogP contribution in [0.1, 0.15) is 89.3 Å². The molecule has 2 fully saturated rings. The number of anilines is 1. The number of aryl methyl sites for hydroxylation is 2. The van der Waals surface area contributed by atoms with E-state index in [2.05, 4.69) is 22.2 Å². The highest BCUT2D eigenvalue weighted by Crippen LogP contribution is 2.64. The van der Waals surface area contributed by atoms with Gasteiger partial charge in [0, 0.05) is 24.1 Å². The summed E-state index contributed by atoms with van der Waals surface area (Å²) in [5.41, 5.74) is 1.12. The third-order valence-corrected chi connectivity index (χ3v) is 10.6. The lowest BCUT2D eigenvalue weighted by Gasteiger charge is -2.36. The van der Waals surface area contributed by atoms with Crippen LogP contribution in [0.3, 0.4) is 0 Å². The molecule has 2 aliphatic carbocycles. The average molecular weight is 520 g/mol. The van der Waals surface area contributed by atoms with E-state index in [1.165, 1.54) is 5.56 Å². The molecular formula is C27H41N3O5S. The number of carbonyl (C=O) groups is 2. The van der Waals surface area contributed by atoms with Gasteiger partial charge in [0.2, 0.25) is 10.0 Å². The summed E-state index contributed by atoms with van der Waals surface area (Å²) in [5.74, 6) is -0.213. The number of aromatic nitrogens is 1. The number of pyridine rings is 1. The van der Waals surface area contributed by atoms with Gasteiger partial charge in [0.1, 0.15) is 17.6 Å². The second kappa shape index (κ2) is 10.8. The molecule has 36 heavy (non-hydrogen) atoms. The van der Waals surface area contributed by atoms with Crippen molar-refractivity contribution < 1.29 is 23.1 Å². The number of fused-ring (bicyclic) bond motifs is 3. The van der Waals surface area contributed by atoms with Gasteiger partial charge < -0.3 is 10.4 Å². The van der Waals surface area contributed by atoms with Crippen LogP contribution in [0.25, 0.3) is 0 Å². The number of carbonyl (C=O) groups excluding carboxylic acids is 1. The minimum Gasteiger partial charge on any atom is -0.480 e. The number of aliphatic carboxylic acids is 1. The van der Waals surface area contributed by atoms with Gasteiger partial charge in [-0.2, -0.15) is 0 Å². The summed E-state index contributed by atoms with van der Waals surface area (Å²) in [5, 5.41) is 13.0. The fraction of sp³-hybridized carbons (Fsp3) is 0.741. The first-order valence-electron chi connectivity index (χ1n) is 13.5. The highest BCUT2D eigenvalue weighted by atomic mass is 32.2. The van der Waals surface area contributed by atoms with Gasteiger partial charge in [-0.15, -0.1) is 0 Å². The molecule has 0 aromatic carbocycles. The van der Waals surface area contributed by atoms with Crippen LogP contribution in [0.4, 0.5) is 5.82 Å². The summed E-state index contributed by atoms with van der Waals surface area (Å²) in [6, 6.07) is 3.13. The SMILES string of the molecule is CC1(C)[C@@H]2CC[C@@]1(CS(=O)(=O)N[C@@H](CCCCCCCc1ccc3c(n1)NCCC3)C(=O)O)C(=O)C2. The maximum atomic E-state index is 13.0. The van der Waals surface area contributed by atoms with E-state index in [4.69, 9.17) is 4.98 Å². The quantitative estimate of drug-likeness (QED) is 0.335. The molecule has 3 aliphatic rings. The van der Waals surface area contributed by atoms with E-state index in [1.54, 1.807) is 0 Å². The van der Waals surface area contributed by atoms with Gasteiger partial charge in [-0.25, -0.2) is 18.1 Å². The molecule has 0 amide bonds. The minimum atomic E-state index is -3.91. The smallest absolute Gasteiger partial charge is 0.321 e. The van der Waals surface area contributed by atoms with Gasteiger partial charge in [-0.3, -0.25) is 9.59 Å². The Morgan fingerprint density at radius 2 is 1.97 bits per heavy atom. The first-order valence-corrected chi connectivity index (χ1v) is 15.2. The molecule has 1 aromatic heterocycles. The summed E-state index contributed by atoms with van der Waals surface area (Å²) < 4.78 is 28.4. The number of hydrogen-bond donors (Lipinski definition) is 3. The zero-order chi connectivity index (χ0) is 26.0. The van der Waals surface area contributed by atoms with Crippen LogP contribution in [-0.4, -0.2) is 48.6 Å². The van der Waals surface area contributed by atoms with Crippen LogP contribution in [0.15, 0.2) is 12.1 Å². The average Bonchev–Trinajstić information content (AvgIpc) is 3.16. The van der Waals surface area contributed by atoms with Crippen molar-refractivity contribution in [2.75, 3.05) is 17.6 Å². The van der Waals surface area contributed by atoms with Gasteiger partial charge in [0.15, 0.2) is 0 Å². The topological polar surface area (TPSA) is 125 Å². The third kappa shape index (κ3) is 5.62. The van der Waals surface area contributed by atoms with E-state index < -0.39 is 27.4 Å². The first-order chi connectivity index (χ1) is 17.0. The molecular weight excluding hydrogens is 478 g/mol. The lowest BCUT2D eigenvalue weighted by Crippen LogP contribution is -2.49. The maximum absolute atomic E-state index is 13.0. The molecule has 0 spiro atoms. The van der Waals surface area contributed by atoms with Crippen LogP contribution >= 0.6 is 0 Å². The lowest BCUT2D eigenvalue weighted by molar-refractivity contribution is -0.139. The molecule has 0 saturated heterocycles. The summed E-state index contributed by atoms with van der Waals surface area (Å²) in [4.78, 5) is 29.2. The van der Waals surface area contributed by atoms with Crippen LogP contribution in [-0.2, 0) is 32.5 Å². The van der Waals surface area contributed by atoms with Crippen molar-refractivity contribution in [1.29, 1.82) is 0 Å². The Labute approximate surface area is 215 Å². The zero-order valence-electron chi connectivity index (χ0n) is 21.6. The molecule has 8 nitrogen and oxygen atoms in total. The molecule has 1 aromatic rings. The number of hydrogen-bond acceptors (Lipinski definition) is 6. The van der Waals surface area contributed by atoms with E-state index in [0.29, 0.717) is 19.3 Å². The highest BCUT2D eigenvalue weighted by molar-refractivity contribution is 7.89. The summed E-state index contributed by atoms with van der Waals surface area (Å²) >= 11 is 0. The van der Waals surface area contributed by atoms with Crippen molar-refractivity contribution in [1.82, 2.24) is 9.71 Å². The number of unbranched alkanes of at least 4 members (excludes halogenated alkanes) is 4. The second-order valence-corrected chi connectivity index (χ2v) is 13.3. The predicted octanol–water partition coefficient (Wildman–Crippen LogP) is 4.09. The van der Waals surface area contributed by atoms with Gasteiger partial charge in [0.05, 0.1) is 5.75 Å². The fourth-order valence-corrected chi connectivity index (χ4v) is 8.68. The second-order valence-electron chi connectivity index (χ2n) is 11.6. The van der Waals surface area contributed by atoms with Crippen molar-refractivity contribution in [2.24, 2.45) is 16.7 Å². The largest absolute Gasteiger partial charge is 0.480 e. The Hall–Kier alpha value is -2.00. The van der Waals surface area contributed by atoms with Gasteiger partial charge in [-0.1, -0.05) is 45.6 Å². The first kappa shape index (κ1) is 27.0. The molecule has 2 saturated carbocycles. The summed E-state index contributed by atoms with van der Waals surface area (Å²) in [6.07, 6.45) is 9.77. The Kier molecular flexibility index (Phi) is 8.10. The van der Waals surface area contributed by atoms with Crippen molar-refractivity contribution in [3.05, 3.63) is 23.4 Å². The highest BCUT2D eigenvalue weighted by Gasteiger charge is 2.65. The van der Waals surface area contributed by atoms with Crippen molar-refractivity contribution in [2.45, 2.75) is 96.9 Å². The number of ketones is 1. The lowest BCUT2D eigenvalue weighted by atomic mass is 9.70. The third-order valence-electron chi connectivity index (χ3n) is 9.07. The normalized spacial score (nSPS) is 25.4. The van der Waals surface area contributed by atoms with Crippen LogP contribution < -0.4 is 10.0 Å². The summed E-state index contributed by atoms with van der Waals surface area (Å²) in [6.45, 7) is 4.95. The molecule has 4 rings (SSSR count). The number of sulfonamides is 1. The molecule has 3 atom stereocenters. The molecule has 2 bridgehead atoms. The maximum Gasteiger partial charge on any atom is 0.321 e. The number of rotatable bonds is 13. The number of carboxylic acid groups (broad SMARTS) is 1. The Morgan fingerprint density at radius 3 is 2.67 bits per heavy atom. The van der Waals surface area contributed by atoms with Crippen LogP contribution in [0.2, 0.25) is 0 Å². The van der Waals surface area contributed by atoms with E-state index >= 15 is 0 Å².